The molecule has 14 heavy (non-hydrogen) atoms. The Kier molecular flexibility index (Phi) is 4.46. The summed E-state index contributed by atoms with van der Waals surface area (Å²) in [7, 11) is 0. The highest BCUT2D eigenvalue weighted by Gasteiger charge is 2.74. The van der Waals surface area contributed by atoms with Gasteiger partial charge in [0.05, 0.1) is 0 Å². The van der Waals surface area contributed by atoms with E-state index in [2.05, 4.69) is 34.8 Å². The fourth-order valence-corrected chi connectivity index (χ4v) is 1.47. The minimum absolute atomic E-state index is 3.41. The molecule has 0 aliphatic rings. The highest BCUT2D eigenvalue weighted by Crippen LogP contribution is 2.59. The zero-order valence-corrected chi connectivity index (χ0v) is 10.3. The van der Waals surface area contributed by atoms with Crippen LogP contribution in [-0.2, 0) is 0 Å². The molecule has 0 N–H and O–H groups in total. The van der Waals surface area contributed by atoms with Gasteiger partial charge in [0.2, 0.25) is 0 Å². The fraction of sp³-hybridized carbons (Fsp3) is 1.00. The molecule has 0 unspecified atom stereocenters. The zero-order chi connectivity index (χ0) is 12.0. The zero-order valence-electron chi connectivity index (χ0n) is 5.78. The summed E-state index contributed by atoms with van der Waals surface area (Å²) in [5.74, 6) is -4.74. The van der Waals surface area contributed by atoms with Gasteiger partial charge in [-0.05, 0) is 11.6 Å². The van der Waals surface area contributed by atoms with E-state index in [1.165, 1.54) is 0 Å². The van der Waals surface area contributed by atoms with Crippen LogP contribution in [-0.4, -0.2) is 19.4 Å². The van der Waals surface area contributed by atoms with Crippen molar-refractivity contribution in [3.8, 4) is 0 Å². The summed E-state index contributed by atoms with van der Waals surface area (Å²) in [5, 5.41) is -4.66. The lowest BCUT2D eigenvalue weighted by Gasteiger charge is -2.36. The monoisotopic (exact) mass is 334 g/mol. The summed E-state index contributed by atoms with van der Waals surface area (Å²) in [6.45, 7) is 0. The third-order valence-corrected chi connectivity index (χ3v) is 3.24. The van der Waals surface area contributed by atoms with E-state index in [4.69, 9.17) is 34.8 Å². The van der Waals surface area contributed by atoms with Crippen LogP contribution in [0.15, 0.2) is 0 Å². The smallest absolute Gasteiger partial charge is 0.198 e. The first-order chi connectivity index (χ1) is 5.75. The van der Waals surface area contributed by atoms with Gasteiger partial charge in [-0.15, -0.1) is 0 Å². The molecule has 0 aromatic heterocycles. The van der Waals surface area contributed by atoms with Crippen LogP contribution in [0.2, 0.25) is 0 Å². The first-order valence-electron chi connectivity index (χ1n) is 2.64. The lowest BCUT2D eigenvalue weighted by Crippen LogP contribution is -2.56. The van der Waals surface area contributed by atoms with Gasteiger partial charge < -0.3 is 0 Å². The van der Waals surface area contributed by atoms with Crippen LogP contribution in [0.1, 0.15) is 0 Å². The van der Waals surface area contributed by atoms with Gasteiger partial charge in [0.15, 0.2) is 0 Å². The van der Waals surface area contributed by atoms with Gasteiger partial charge in [-0.3, -0.25) is 0 Å². The predicted octanol–water partition coefficient (Wildman–Crippen LogP) is 5.00. The second-order valence-electron chi connectivity index (χ2n) is 2.14. The normalized spacial score (nSPS) is 15.9. The SMILES string of the molecule is FC(F)(Cl)C(Cl)(Cl)C(F)(F)C(Cl)(Cl)Cl. The van der Waals surface area contributed by atoms with Gasteiger partial charge in [-0.2, -0.15) is 17.6 Å². The number of rotatable bonds is 2. The minimum atomic E-state index is -4.74. The van der Waals surface area contributed by atoms with Crippen LogP contribution >= 0.6 is 69.6 Å². The van der Waals surface area contributed by atoms with Gasteiger partial charge in [0, 0.05) is 0 Å². The quantitative estimate of drug-likeness (QED) is 0.492. The van der Waals surface area contributed by atoms with Crippen LogP contribution < -0.4 is 0 Å². The number of hydrogen-bond acceptors (Lipinski definition) is 0. The highest BCUT2D eigenvalue weighted by molar-refractivity contribution is 6.69. The summed E-state index contributed by atoms with van der Waals surface area (Å²) in [4.78, 5) is 0. The fourth-order valence-electron chi connectivity index (χ4n) is 0.356. The Balaban J connectivity index is 5.30. The van der Waals surface area contributed by atoms with Crippen LogP contribution in [0.4, 0.5) is 17.6 Å². The number of halogens is 10. The Morgan fingerprint density at radius 3 is 1.00 bits per heavy atom. The first-order valence-corrected chi connectivity index (χ1v) is 4.91. The number of alkyl halides is 10. The van der Waals surface area contributed by atoms with Gasteiger partial charge in [-0.25, -0.2) is 0 Å². The molecule has 10 heteroatoms. The molecule has 0 heterocycles. The average Bonchev–Trinajstić information content (AvgIpc) is 1.81. The van der Waals surface area contributed by atoms with E-state index >= 15 is 0 Å². The average molecular weight is 337 g/mol. The summed E-state index contributed by atoms with van der Waals surface area (Å²) < 4.78 is 43.3. The lowest BCUT2D eigenvalue weighted by atomic mass is 10.2. The predicted molar refractivity (Wildman–Crippen MR) is 50.5 cm³/mol. The highest BCUT2D eigenvalue weighted by atomic mass is 35.6. The second kappa shape index (κ2) is 4.04. The molecular weight excluding hydrogens is 337 g/mol. The molecule has 0 atom stereocenters. The van der Waals surface area contributed by atoms with Gasteiger partial charge in [-0.1, -0.05) is 58.0 Å². The maximum atomic E-state index is 13.0. The van der Waals surface area contributed by atoms with Crippen molar-refractivity contribution in [3.05, 3.63) is 0 Å². The summed E-state index contributed by atoms with van der Waals surface area (Å²) in [6.07, 6.45) is 0. The van der Waals surface area contributed by atoms with Gasteiger partial charge in [0.1, 0.15) is 0 Å². The van der Waals surface area contributed by atoms with Crippen molar-refractivity contribution in [2.75, 3.05) is 0 Å². The van der Waals surface area contributed by atoms with Gasteiger partial charge >= 0.3 is 11.3 Å². The van der Waals surface area contributed by atoms with Crippen molar-refractivity contribution in [1.29, 1.82) is 0 Å². The molecule has 86 valence electrons. The first kappa shape index (κ1) is 15.5. The third kappa shape index (κ3) is 2.58. The van der Waals surface area contributed by atoms with E-state index in [-0.39, 0.29) is 0 Å². The lowest BCUT2D eigenvalue weighted by molar-refractivity contribution is -0.0792. The summed E-state index contributed by atoms with van der Waals surface area (Å²) in [6, 6.07) is 0. The van der Waals surface area contributed by atoms with E-state index in [1.807, 2.05) is 0 Å². The molecule has 0 saturated carbocycles. The van der Waals surface area contributed by atoms with Crippen molar-refractivity contribution < 1.29 is 17.6 Å². The molecule has 0 spiro atoms. The Morgan fingerprint density at radius 2 is 0.929 bits per heavy atom. The van der Waals surface area contributed by atoms with Crippen molar-refractivity contribution in [1.82, 2.24) is 0 Å². The Morgan fingerprint density at radius 1 is 0.643 bits per heavy atom. The topological polar surface area (TPSA) is 0 Å². The molecule has 0 aromatic carbocycles. The van der Waals surface area contributed by atoms with Crippen molar-refractivity contribution in [2.45, 2.75) is 19.4 Å². The standard InChI is InChI=1S/C4Cl6F4/c5-1(6,4(10,13)14)2(11,12)3(7,8)9. The molecular formula is C4Cl6F4. The van der Waals surface area contributed by atoms with E-state index < -0.39 is 19.4 Å². The van der Waals surface area contributed by atoms with Gasteiger partial charge in [0.25, 0.3) is 8.13 Å². The largest absolute Gasteiger partial charge is 0.360 e. The Hall–Kier alpha value is 1.46. The molecule has 0 aliphatic carbocycles. The maximum Gasteiger partial charge on any atom is 0.360 e. The molecule has 0 bridgehead atoms. The van der Waals surface area contributed by atoms with Crippen LogP contribution in [0.5, 0.6) is 0 Å². The van der Waals surface area contributed by atoms with E-state index in [1.54, 1.807) is 0 Å². The molecule has 0 radical (unpaired) electrons. The maximum absolute atomic E-state index is 13.0. The minimum Gasteiger partial charge on any atom is -0.198 e. The van der Waals surface area contributed by atoms with Crippen molar-refractivity contribution in [2.24, 2.45) is 0 Å². The molecule has 0 fully saturated rings. The van der Waals surface area contributed by atoms with E-state index in [9.17, 15) is 17.6 Å². The molecule has 0 saturated heterocycles. The molecule has 0 aromatic rings. The van der Waals surface area contributed by atoms with Crippen LogP contribution in [0, 0.1) is 0 Å². The Bertz CT molecular complexity index is 191. The molecule has 0 nitrogen and oxygen atoms in total. The van der Waals surface area contributed by atoms with Crippen LogP contribution in [0.3, 0.4) is 0 Å². The summed E-state index contributed by atoms with van der Waals surface area (Å²) in [5.41, 5.74) is 0. The van der Waals surface area contributed by atoms with E-state index in [0.717, 1.165) is 0 Å². The van der Waals surface area contributed by atoms with E-state index in [0.29, 0.717) is 0 Å². The second-order valence-corrected chi connectivity index (χ2v) is 6.23. The summed E-state index contributed by atoms with van der Waals surface area (Å²) >= 11 is 27.8. The third-order valence-electron chi connectivity index (χ3n) is 1.11. The molecule has 0 amide bonds. The van der Waals surface area contributed by atoms with Crippen molar-refractivity contribution >= 4 is 69.6 Å². The van der Waals surface area contributed by atoms with Crippen molar-refractivity contribution in [3.63, 3.8) is 0 Å². The Labute approximate surface area is 106 Å². The molecule has 0 rings (SSSR count). The van der Waals surface area contributed by atoms with Crippen LogP contribution in [0.25, 0.3) is 0 Å². The number of hydrogen-bond donors (Lipinski definition) is 0. The molecule has 0 aliphatic heterocycles.